The Balaban J connectivity index is 4.51. The highest BCUT2D eigenvalue weighted by Gasteiger charge is 2.36. The predicted octanol–water partition coefficient (Wildman–Crippen LogP) is 2.78. The van der Waals surface area contributed by atoms with Gasteiger partial charge in [0.25, 0.3) is 0 Å². The molecule has 0 rings (SSSR count). The van der Waals surface area contributed by atoms with Gasteiger partial charge >= 0.3 is 5.97 Å². The van der Waals surface area contributed by atoms with Gasteiger partial charge in [-0.3, -0.25) is 4.79 Å². The minimum atomic E-state index is -0.675. The number of rotatable bonds is 4. The molecule has 0 aromatic carbocycles. The molecule has 0 aromatic rings. The summed E-state index contributed by atoms with van der Waals surface area (Å²) in [6, 6.07) is 0. The van der Waals surface area contributed by atoms with Gasteiger partial charge in [0.15, 0.2) is 0 Å². The van der Waals surface area contributed by atoms with Crippen LogP contribution in [0.2, 0.25) is 0 Å². The topological polar surface area (TPSA) is 37.3 Å². The van der Waals surface area contributed by atoms with E-state index in [1.807, 2.05) is 20.8 Å². The van der Waals surface area contributed by atoms with Crippen molar-refractivity contribution >= 4 is 5.97 Å². The minimum Gasteiger partial charge on any atom is -0.481 e. The van der Waals surface area contributed by atoms with Crippen molar-refractivity contribution < 1.29 is 9.90 Å². The summed E-state index contributed by atoms with van der Waals surface area (Å²) in [4.78, 5) is 11.0. The van der Waals surface area contributed by atoms with Crippen molar-refractivity contribution in [3.8, 4) is 0 Å². The van der Waals surface area contributed by atoms with E-state index in [2.05, 4.69) is 13.8 Å². The molecule has 2 nitrogen and oxygen atoms in total. The van der Waals surface area contributed by atoms with Crippen molar-refractivity contribution in [1.29, 1.82) is 0 Å². The quantitative estimate of drug-likeness (QED) is 0.708. The largest absolute Gasteiger partial charge is 0.481 e. The van der Waals surface area contributed by atoms with E-state index < -0.39 is 11.4 Å². The van der Waals surface area contributed by atoms with Gasteiger partial charge in [0.05, 0.1) is 5.41 Å². The van der Waals surface area contributed by atoms with Crippen molar-refractivity contribution in [2.24, 2.45) is 17.3 Å². The van der Waals surface area contributed by atoms with Gasteiger partial charge in [0, 0.05) is 0 Å². The molecule has 1 N–H and O–H groups in total. The van der Waals surface area contributed by atoms with Crippen LogP contribution in [0.15, 0.2) is 0 Å². The number of carboxylic acid groups (broad SMARTS) is 1. The second kappa shape index (κ2) is 3.92. The van der Waals surface area contributed by atoms with Crippen molar-refractivity contribution in [3.63, 3.8) is 0 Å². The van der Waals surface area contributed by atoms with E-state index in [1.54, 1.807) is 0 Å². The third-order valence-corrected chi connectivity index (χ3v) is 2.60. The van der Waals surface area contributed by atoms with E-state index in [0.717, 1.165) is 6.42 Å². The summed E-state index contributed by atoms with van der Waals surface area (Å²) < 4.78 is 0. The Morgan fingerprint density at radius 2 is 1.75 bits per heavy atom. The fraction of sp³-hybridized carbons (Fsp3) is 0.900. The van der Waals surface area contributed by atoms with Gasteiger partial charge in [-0.1, -0.05) is 27.7 Å². The van der Waals surface area contributed by atoms with Crippen LogP contribution in [0, 0.1) is 17.3 Å². The number of aliphatic carboxylic acids is 1. The second-order valence-corrected chi connectivity index (χ2v) is 4.48. The van der Waals surface area contributed by atoms with Crippen LogP contribution >= 0.6 is 0 Å². The van der Waals surface area contributed by atoms with Crippen LogP contribution < -0.4 is 0 Å². The minimum absolute atomic E-state index is 0.192. The lowest BCUT2D eigenvalue weighted by Gasteiger charge is -2.30. The fourth-order valence-corrected chi connectivity index (χ4v) is 1.42. The Morgan fingerprint density at radius 3 is 1.83 bits per heavy atom. The second-order valence-electron chi connectivity index (χ2n) is 4.48. The molecule has 2 heteroatoms. The first-order valence-corrected chi connectivity index (χ1v) is 4.54. The number of carbonyl (C=O) groups is 1. The molecule has 12 heavy (non-hydrogen) atoms. The molecule has 0 aliphatic heterocycles. The van der Waals surface area contributed by atoms with Gasteiger partial charge < -0.3 is 5.11 Å². The average Bonchev–Trinajstić information content (AvgIpc) is 1.84. The maximum Gasteiger partial charge on any atom is 0.309 e. The maximum atomic E-state index is 11.0. The average molecular weight is 172 g/mol. The van der Waals surface area contributed by atoms with Gasteiger partial charge in [-0.05, 0) is 25.2 Å². The van der Waals surface area contributed by atoms with Crippen molar-refractivity contribution in [3.05, 3.63) is 0 Å². The lowest BCUT2D eigenvalue weighted by Crippen LogP contribution is -2.34. The molecule has 0 radical (unpaired) electrons. The summed E-state index contributed by atoms with van der Waals surface area (Å²) in [5, 5.41) is 9.05. The Labute approximate surface area is 75.0 Å². The summed E-state index contributed by atoms with van der Waals surface area (Å²) >= 11 is 0. The summed E-state index contributed by atoms with van der Waals surface area (Å²) in [6.45, 7) is 9.89. The molecule has 0 spiro atoms. The van der Waals surface area contributed by atoms with Crippen molar-refractivity contribution in [1.82, 2.24) is 0 Å². The normalized spacial score (nSPS) is 16.6. The van der Waals surface area contributed by atoms with Gasteiger partial charge in [-0.2, -0.15) is 0 Å². The Bertz CT molecular complexity index is 161. The highest BCUT2D eigenvalue weighted by Crippen LogP contribution is 2.34. The van der Waals surface area contributed by atoms with E-state index in [1.165, 1.54) is 0 Å². The molecule has 0 aliphatic carbocycles. The van der Waals surface area contributed by atoms with Gasteiger partial charge in [0.1, 0.15) is 0 Å². The molecule has 0 saturated heterocycles. The zero-order chi connectivity index (χ0) is 9.94. The van der Waals surface area contributed by atoms with E-state index in [-0.39, 0.29) is 5.92 Å². The number of hydrogen-bond acceptors (Lipinski definition) is 1. The molecular weight excluding hydrogens is 152 g/mol. The molecule has 72 valence electrons. The Morgan fingerprint density at radius 1 is 1.33 bits per heavy atom. The molecule has 0 saturated carbocycles. The Kier molecular flexibility index (Phi) is 3.75. The molecular formula is C10H20O2. The van der Waals surface area contributed by atoms with E-state index >= 15 is 0 Å². The SMILES string of the molecule is CC(C)CC(C)(C(=O)O)C(C)C. The van der Waals surface area contributed by atoms with E-state index in [0.29, 0.717) is 5.92 Å². The van der Waals surface area contributed by atoms with Crippen molar-refractivity contribution in [2.75, 3.05) is 0 Å². The third-order valence-electron chi connectivity index (χ3n) is 2.60. The number of carboxylic acids is 1. The smallest absolute Gasteiger partial charge is 0.309 e. The molecule has 0 aliphatic rings. The van der Waals surface area contributed by atoms with Crippen LogP contribution in [0.4, 0.5) is 0 Å². The van der Waals surface area contributed by atoms with Crippen LogP contribution in [0.1, 0.15) is 41.0 Å². The maximum absolute atomic E-state index is 11.0. The zero-order valence-electron chi connectivity index (χ0n) is 8.72. The van der Waals surface area contributed by atoms with Crippen LogP contribution in [-0.4, -0.2) is 11.1 Å². The van der Waals surface area contributed by atoms with E-state index in [9.17, 15) is 4.79 Å². The molecule has 0 heterocycles. The molecule has 0 amide bonds. The first-order valence-electron chi connectivity index (χ1n) is 4.54. The summed E-state index contributed by atoms with van der Waals surface area (Å²) in [5.41, 5.74) is -0.561. The summed E-state index contributed by atoms with van der Waals surface area (Å²) in [5.74, 6) is -0.0444. The summed E-state index contributed by atoms with van der Waals surface area (Å²) in [7, 11) is 0. The molecule has 1 atom stereocenters. The molecule has 0 bridgehead atoms. The molecule has 1 unspecified atom stereocenters. The fourth-order valence-electron chi connectivity index (χ4n) is 1.42. The van der Waals surface area contributed by atoms with Crippen LogP contribution in [-0.2, 0) is 4.79 Å². The highest BCUT2D eigenvalue weighted by molar-refractivity contribution is 5.74. The van der Waals surface area contributed by atoms with Gasteiger partial charge in [0.2, 0.25) is 0 Å². The number of hydrogen-bond donors (Lipinski definition) is 1. The van der Waals surface area contributed by atoms with Gasteiger partial charge in [-0.25, -0.2) is 0 Å². The highest BCUT2D eigenvalue weighted by atomic mass is 16.4. The predicted molar refractivity (Wildman–Crippen MR) is 50.0 cm³/mol. The first kappa shape index (κ1) is 11.5. The lowest BCUT2D eigenvalue weighted by molar-refractivity contribution is -0.151. The zero-order valence-corrected chi connectivity index (χ0v) is 8.72. The molecule has 0 fully saturated rings. The Hall–Kier alpha value is -0.530. The van der Waals surface area contributed by atoms with E-state index in [4.69, 9.17) is 5.11 Å². The lowest BCUT2D eigenvalue weighted by atomic mass is 9.73. The van der Waals surface area contributed by atoms with Crippen LogP contribution in [0.5, 0.6) is 0 Å². The van der Waals surface area contributed by atoms with Gasteiger partial charge in [-0.15, -0.1) is 0 Å². The standard InChI is InChI=1S/C10H20O2/c1-7(2)6-10(5,8(3)4)9(11)12/h7-8H,6H2,1-5H3,(H,11,12). The molecule has 0 aromatic heterocycles. The monoisotopic (exact) mass is 172 g/mol. The van der Waals surface area contributed by atoms with Crippen LogP contribution in [0.3, 0.4) is 0 Å². The first-order chi connectivity index (χ1) is 5.30. The third kappa shape index (κ3) is 2.50. The summed E-state index contributed by atoms with van der Waals surface area (Å²) in [6.07, 6.45) is 0.750. The van der Waals surface area contributed by atoms with Crippen LogP contribution in [0.25, 0.3) is 0 Å². The van der Waals surface area contributed by atoms with Crippen molar-refractivity contribution in [2.45, 2.75) is 41.0 Å².